The van der Waals surface area contributed by atoms with E-state index in [9.17, 15) is 26.4 Å². The lowest BCUT2D eigenvalue weighted by Gasteiger charge is -2.41. The van der Waals surface area contributed by atoms with E-state index in [-0.39, 0.29) is 36.8 Å². The maximum Gasteiger partial charge on any atom is 0.416 e. The molecular weight excluding hydrogens is 559 g/mol. The highest BCUT2D eigenvalue weighted by Gasteiger charge is 2.37. The Balaban J connectivity index is 1.54. The lowest BCUT2D eigenvalue weighted by atomic mass is 10.0. The average Bonchev–Trinajstić information content (AvgIpc) is 2.96. The summed E-state index contributed by atoms with van der Waals surface area (Å²) in [4.78, 5) is 21.8. The second-order valence-corrected chi connectivity index (χ2v) is 11.9. The van der Waals surface area contributed by atoms with Crippen molar-refractivity contribution in [2.24, 2.45) is 0 Å². The zero-order valence-corrected chi connectivity index (χ0v) is 23.7. The largest absolute Gasteiger partial charge is 0.464 e. The van der Waals surface area contributed by atoms with Crippen LogP contribution in [-0.2, 0) is 27.5 Å². The number of benzene rings is 2. The fourth-order valence-corrected chi connectivity index (χ4v) is 6.19. The Morgan fingerprint density at radius 1 is 1.05 bits per heavy atom. The first-order chi connectivity index (χ1) is 19.4. The fraction of sp³-hybridized carbons (Fsp3) is 0.393. The van der Waals surface area contributed by atoms with E-state index in [1.807, 2.05) is 17.0 Å². The summed E-state index contributed by atoms with van der Waals surface area (Å²) >= 11 is 0. The van der Waals surface area contributed by atoms with Gasteiger partial charge in [0.15, 0.2) is 5.69 Å². The lowest BCUT2D eigenvalue weighted by Crippen LogP contribution is -2.58. The van der Waals surface area contributed by atoms with Gasteiger partial charge in [-0.1, -0.05) is 38.1 Å². The minimum atomic E-state index is -4.57. The van der Waals surface area contributed by atoms with Crippen molar-refractivity contribution >= 4 is 21.8 Å². The standard InChI is InChI=1S/C28H32F3N5O4S/c1-19(2)21-6-4-20(5-7-21)14-32-15-23-18-35(26-17-33-25(16-34-26)27(37)40-3)12-13-36(23)41(38,39)24-10-8-22(9-11-24)28(29,30)31/h4-11,16-17,19,23,32H,12-15,18H2,1-3H3/t23-/m0/s1. The van der Waals surface area contributed by atoms with E-state index in [0.717, 1.165) is 29.8 Å². The molecule has 220 valence electrons. The SMILES string of the molecule is COC(=O)c1cnc(N2CCN(S(=O)(=O)c3ccc(C(F)(F)F)cc3)[C@@H](CNCc3ccc(C(C)C)cc3)C2)cn1. The summed E-state index contributed by atoms with van der Waals surface area (Å²) < 4.78 is 72.4. The van der Waals surface area contributed by atoms with Crippen molar-refractivity contribution < 1.29 is 31.1 Å². The third kappa shape index (κ3) is 7.21. The van der Waals surface area contributed by atoms with Crippen molar-refractivity contribution in [2.45, 2.75) is 43.4 Å². The molecule has 0 radical (unpaired) electrons. The van der Waals surface area contributed by atoms with E-state index in [0.29, 0.717) is 18.3 Å². The number of piperazine rings is 1. The highest BCUT2D eigenvalue weighted by atomic mass is 32.2. The number of rotatable bonds is 9. The first-order valence-corrected chi connectivity index (χ1v) is 14.5. The van der Waals surface area contributed by atoms with Gasteiger partial charge in [-0.05, 0) is 41.3 Å². The number of nitrogens with zero attached hydrogens (tertiary/aromatic N) is 4. The molecule has 0 spiro atoms. The Morgan fingerprint density at radius 3 is 2.29 bits per heavy atom. The van der Waals surface area contributed by atoms with Gasteiger partial charge >= 0.3 is 12.1 Å². The van der Waals surface area contributed by atoms with Gasteiger partial charge in [-0.2, -0.15) is 17.5 Å². The van der Waals surface area contributed by atoms with E-state index < -0.39 is 33.8 Å². The van der Waals surface area contributed by atoms with E-state index in [1.165, 1.54) is 29.4 Å². The summed E-state index contributed by atoms with van der Waals surface area (Å²) in [5.41, 5.74) is 1.37. The van der Waals surface area contributed by atoms with E-state index in [1.54, 1.807) is 0 Å². The number of methoxy groups -OCH3 is 1. The van der Waals surface area contributed by atoms with Crippen LogP contribution >= 0.6 is 0 Å². The number of aromatic nitrogens is 2. The smallest absolute Gasteiger partial charge is 0.416 e. The first-order valence-electron chi connectivity index (χ1n) is 13.0. The van der Waals surface area contributed by atoms with Crippen LogP contribution in [0.5, 0.6) is 0 Å². The van der Waals surface area contributed by atoms with Gasteiger partial charge in [-0.3, -0.25) is 0 Å². The van der Waals surface area contributed by atoms with Crippen LogP contribution in [0.3, 0.4) is 0 Å². The number of ether oxygens (including phenoxy) is 1. The summed E-state index contributed by atoms with van der Waals surface area (Å²) in [5, 5.41) is 3.33. The van der Waals surface area contributed by atoms with Crippen molar-refractivity contribution in [3.63, 3.8) is 0 Å². The number of hydrogen-bond acceptors (Lipinski definition) is 8. The number of alkyl halides is 3. The van der Waals surface area contributed by atoms with Gasteiger partial charge < -0.3 is 15.0 Å². The molecule has 1 aliphatic rings. The predicted molar refractivity (Wildman–Crippen MR) is 147 cm³/mol. The quantitative estimate of drug-likeness (QED) is 0.372. The van der Waals surface area contributed by atoms with E-state index >= 15 is 0 Å². The van der Waals surface area contributed by atoms with E-state index in [4.69, 9.17) is 0 Å². The second-order valence-electron chi connectivity index (χ2n) is 10.0. The molecule has 1 atom stereocenters. The Labute approximate surface area is 237 Å². The number of carbonyl (C=O) groups excluding carboxylic acids is 1. The molecule has 1 fully saturated rings. The van der Waals surface area contributed by atoms with Crippen LogP contribution in [0.4, 0.5) is 19.0 Å². The Kier molecular flexibility index (Phi) is 9.30. The molecule has 13 heteroatoms. The molecule has 1 saturated heterocycles. The second kappa shape index (κ2) is 12.5. The molecule has 4 rings (SSSR count). The zero-order chi connectivity index (χ0) is 29.8. The number of halogens is 3. The summed E-state index contributed by atoms with van der Waals surface area (Å²) in [6.07, 6.45) is -1.86. The molecule has 0 aliphatic carbocycles. The molecular formula is C28H32F3N5O4S. The molecule has 41 heavy (non-hydrogen) atoms. The Morgan fingerprint density at radius 2 is 1.73 bits per heavy atom. The van der Waals surface area contributed by atoms with Gasteiger partial charge in [-0.25, -0.2) is 23.2 Å². The summed E-state index contributed by atoms with van der Waals surface area (Å²) in [7, 11) is -2.87. The maximum absolute atomic E-state index is 13.6. The Bertz CT molecular complexity index is 1430. The van der Waals surface area contributed by atoms with Crippen LogP contribution in [0.15, 0.2) is 65.8 Å². The van der Waals surface area contributed by atoms with Gasteiger partial charge in [0.05, 0.1) is 36.0 Å². The van der Waals surface area contributed by atoms with Gasteiger partial charge in [0.2, 0.25) is 10.0 Å². The summed E-state index contributed by atoms with van der Waals surface area (Å²) in [6, 6.07) is 11.1. The molecule has 2 aromatic carbocycles. The van der Waals surface area contributed by atoms with Crippen LogP contribution in [0, 0.1) is 0 Å². The fourth-order valence-electron chi connectivity index (χ4n) is 4.58. The normalized spacial score (nSPS) is 16.7. The number of carbonyl (C=O) groups is 1. The summed E-state index contributed by atoms with van der Waals surface area (Å²) in [5.74, 6) is 0.234. The van der Waals surface area contributed by atoms with Crippen molar-refractivity contribution in [3.05, 3.63) is 83.3 Å². The molecule has 1 aromatic heterocycles. The molecule has 0 unspecified atom stereocenters. The highest BCUT2D eigenvalue weighted by molar-refractivity contribution is 7.89. The maximum atomic E-state index is 13.6. The molecule has 3 aromatic rings. The Hall–Kier alpha value is -3.55. The number of hydrogen-bond donors (Lipinski definition) is 1. The van der Waals surface area contributed by atoms with Crippen molar-refractivity contribution in [1.82, 2.24) is 19.6 Å². The molecule has 0 bridgehead atoms. The molecule has 1 aliphatic heterocycles. The van der Waals surface area contributed by atoms with Gasteiger partial charge in [0, 0.05) is 32.7 Å². The van der Waals surface area contributed by atoms with Crippen LogP contribution in [-0.4, -0.2) is 68.0 Å². The third-order valence-electron chi connectivity index (χ3n) is 6.93. The molecule has 9 nitrogen and oxygen atoms in total. The highest BCUT2D eigenvalue weighted by Crippen LogP contribution is 2.31. The lowest BCUT2D eigenvalue weighted by molar-refractivity contribution is -0.137. The van der Waals surface area contributed by atoms with Crippen LogP contribution in [0.1, 0.15) is 46.9 Å². The summed E-state index contributed by atoms with van der Waals surface area (Å²) in [6.45, 7) is 5.57. The molecule has 0 amide bonds. The monoisotopic (exact) mass is 591 g/mol. The number of esters is 1. The van der Waals surface area contributed by atoms with Gasteiger partial charge in [0.1, 0.15) is 5.82 Å². The number of sulfonamides is 1. The minimum Gasteiger partial charge on any atom is -0.464 e. The van der Waals surface area contributed by atoms with Crippen LogP contribution in [0.2, 0.25) is 0 Å². The van der Waals surface area contributed by atoms with Crippen molar-refractivity contribution in [3.8, 4) is 0 Å². The van der Waals surface area contributed by atoms with Crippen LogP contribution in [0.25, 0.3) is 0 Å². The van der Waals surface area contributed by atoms with E-state index in [2.05, 4.69) is 46.0 Å². The minimum absolute atomic E-state index is 0.0430. The van der Waals surface area contributed by atoms with Crippen molar-refractivity contribution in [2.75, 3.05) is 38.2 Å². The number of anilines is 1. The van der Waals surface area contributed by atoms with Crippen molar-refractivity contribution in [1.29, 1.82) is 0 Å². The van der Waals surface area contributed by atoms with Gasteiger partial charge in [-0.15, -0.1) is 0 Å². The van der Waals surface area contributed by atoms with Gasteiger partial charge in [0.25, 0.3) is 0 Å². The molecule has 2 heterocycles. The van der Waals surface area contributed by atoms with Crippen LogP contribution < -0.4 is 10.2 Å². The third-order valence-corrected chi connectivity index (χ3v) is 8.90. The molecule has 1 N–H and O–H groups in total. The average molecular weight is 592 g/mol. The topological polar surface area (TPSA) is 105 Å². The zero-order valence-electron chi connectivity index (χ0n) is 22.9. The molecule has 0 saturated carbocycles. The number of nitrogens with one attached hydrogen (secondary N) is 1. The first kappa shape index (κ1) is 30.4. The predicted octanol–water partition coefficient (Wildman–Crippen LogP) is 4.07.